The quantitative estimate of drug-likeness (QED) is 0.658. The van der Waals surface area contributed by atoms with Crippen LogP contribution in [0.1, 0.15) is 36.5 Å². The van der Waals surface area contributed by atoms with E-state index in [0.717, 1.165) is 34.8 Å². The number of likely N-dealkylation sites (tertiary alicyclic amines) is 1. The van der Waals surface area contributed by atoms with E-state index in [1.165, 1.54) is 36.3 Å². The molecule has 162 valence electrons. The van der Waals surface area contributed by atoms with Crippen molar-refractivity contribution in [3.8, 4) is 11.4 Å². The van der Waals surface area contributed by atoms with Gasteiger partial charge in [-0.15, -0.1) is 10.2 Å². The maximum absolute atomic E-state index is 12.4. The van der Waals surface area contributed by atoms with E-state index >= 15 is 0 Å². The van der Waals surface area contributed by atoms with E-state index in [1.54, 1.807) is 0 Å². The molecule has 3 aromatic rings. The number of aromatic nitrogens is 4. The van der Waals surface area contributed by atoms with Crippen LogP contribution in [0.25, 0.3) is 11.4 Å². The van der Waals surface area contributed by atoms with Crippen LogP contribution in [0.3, 0.4) is 0 Å². The van der Waals surface area contributed by atoms with Crippen molar-refractivity contribution in [1.82, 2.24) is 25.1 Å². The van der Waals surface area contributed by atoms with Gasteiger partial charge in [-0.05, 0) is 73.7 Å². The lowest BCUT2D eigenvalue weighted by molar-refractivity contribution is -0.117. The Hall–Kier alpha value is -3.06. The van der Waals surface area contributed by atoms with Gasteiger partial charge >= 0.3 is 0 Å². The summed E-state index contributed by atoms with van der Waals surface area (Å²) in [5, 5.41) is 15.5. The largest absolute Gasteiger partial charge is 0.324 e. The van der Waals surface area contributed by atoms with Crippen molar-refractivity contribution in [2.45, 2.75) is 46.7 Å². The zero-order valence-corrected chi connectivity index (χ0v) is 18.5. The van der Waals surface area contributed by atoms with Gasteiger partial charge in [-0.2, -0.15) is 4.80 Å². The third-order valence-electron chi connectivity index (χ3n) is 6.11. The van der Waals surface area contributed by atoms with Crippen LogP contribution in [0, 0.1) is 19.8 Å². The van der Waals surface area contributed by atoms with Crippen molar-refractivity contribution >= 4 is 11.6 Å². The van der Waals surface area contributed by atoms with Gasteiger partial charge in [-0.1, -0.05) is 43.3 Å². The number of anilines is 1. The predicted molar refractivity (Wildman–Crippen MR) is 121 cm³/mol. The number of carbonyl (C=O) groups excluding carboxylic acids is 1. The van der Waals surface area contributed by atoms with Crippen molar-refractivity contribution in [2.24, 2.45) is 5.92 Å². The van der Waals surface area contributed by atoms with Crippen LogP contribution in [0.15, 0.2) is 42.5 Å². The van der Waals surface area contributed by atoms with Gasteiger partial charge in [0.25, 0.3) is 0 Å². The summed E-state index contributed by atoms with van der Waals surface area (Å²) in [4.78, 5) is 16.2. The number of hydrogen-bond acceptors (Lipinski definition) is 5. The first-order valence-corrected chi connectivity index (χ1v) is 10.9. The third-order valence-corrected chi connectivity index (χ3v) is 6.11. The number of hydrogen-bond donors (Lipinski definition) is 1. The van der Waals surface area contributed by atoms with Crippen LogP contribution in [0.5, 0.6) is 0 Å². The molecule has 1 amide bonds. The molecular formula is C24H30N6O. The number of carbonyl (C=O) groups is 1. The van der Waals surface area contributed by atoms with Crippen LogP contribution < -0.4 is 5.32 Å². The lowest BCUT2D eigenvalue weighted by Crippen LogP contribution is -2.32. The molecule has 0 saturated carbocycles. The van der Waals surface area contributed by atoms with E-state index in [-0.39, 0.29) is 12.5 Å². The van der Waals surface area contributed by atoms with Crippen LogP contribution in [0.2, 0.25) is 0 Å². The molecule has 1 fully saturated rings. The lowest BCUT2D eigenvalue weighted by Gasteiger charge is -2.30. The van der Waals surface area contributed by atoms with Gasteiger partial charge in [0.2, 0.25) is 11.7 Å². The Balaban J connectivity index is 1.35. The van der Waals surface area contributed by atoms with E-state index in [1.807, 2.05) is 44.2 Å². The van der Waals surface area contributed by atoms with Gasteiger partial charge in [0.1, 0.15) is 6.54 Å². The van der Waals surface area contributed by atoms with Crippen molar-refractivity contribution < 1.29 is 4.79 Å². The average molecular weight is 419 g/mol. The smallest absolute Gasteiger partial charge is 0.248 e. The molecule has 7 nitrogen and oxygen atoms in total. The molecule has 31 heavy (non-hydrogen) atoms. The Bertz CT molecular complexity index is 1030. The summed E-state index contributed by atoms with van der Waals surface area (Å²) in [6, 6.07) is 14.2. The summed E-state index contributed by atoms with van der Waals surface area (Å²) in [6.07, 6.45) is 2.56. The molecule has 1 N–H and O–H groups in total. The first kappa shape index (κ1) is 21.2. The molecule has 1 saturated heterocycles. The Morgan fingerprint density at radius 3 is 2.58 bits per heavy atom. The van der Waals surface area contributed by atoms with Crippen LogP contribution in [-0.4, -0.2) is 44.1 Å². The number of nitrogens with zero attached hydrogens (tertiary/aromatic N) is 5. The predicted octanol–water partition coefficient (Wildman–Crippen LogP) is 3.83. The van der Waals surface area contributed by atoms with Crippen LogP contribution in [-0.2, 0) is 17.9 Å². The number of nitrogens with one attached hydrogen (secondary N) is 1. The van der Waals surface area contributed by atoms with E-state index in [0.29, 0.717) is 5.82 Å². The van der Waals surface area contributed by atoms with E-state index < -0.39 is 0 Å². The second-order valence-corrected chi connectivity index (χ2v) is 8.59. The fraction of sp³-hybridized carbons (Fsp3) is 0.417. The SMILES string of the molecule is Cc1cccc(NC(=O)Cn2nnc(-c3ccc(CN4CCC(C)CC4)cc3)n2)c1C. The van der Waals surface area contributed by atoms with Gasteiger partial charge in [-0.25, -0.2) is 0 Å². The Morgan fingerprint density at radius 2 is 1.84 bits per heavy atom. The Morgan fingerprint density at radius 1 is 1.10 bits per heavy atom. The Labute approximate surface area is 183 Å². The minimum Gasteiger partial charge on any atom is -0.324 e. The average Bonchev–Trinajstić information content (AvgIpc) is 3.22. The molecule has 2 heterocycles. The number of piperidine rings is 1. The zero-order chi connectivity index (χ0) is 21.8. The molecule has 0 radical (unpaired) electrons. The first-order valence-electron chi connectivity index (χ1n) is 10.9. The second-order valence-electron chi connectivity index (χ2n) is 8.59. The minimum atomic E-state index is -0.177. The normalized spacial score (nSPS) is 15.2. The molecule has 1 aliphatic rings. The summed E-state index contributed by atoms with van der Waals surface area (Å²) in [5.41, 5.74) is 5.19. The molecule has 4 rings (SSSR count). The van der Waals surface area contributed by atoms with Crippen molar-refractivity contribution in [2.75, 3.05) is 18.4 Å². The fourth-order valence-electron chi connectivity index (χ4n) is 3.87. The molecule has 0 atom stereocenters. The molecule has 0 spiro atoms. The highest BCUT2D eigenvalue weighted by Crippen LogP contribution is 2.20. The number of tetrazole rings is 1. The van der Waals surface area contributed by atoms with Crippen LogP contribution in [0.4, 0.5) is 5.69 Å². The highest BCUT2D eigenvalue weighted by molar-refractivity contribution is 5.91. The lowest BCUT2D eigenvalue weighted by atomic mass is 9.99. The highest BCUT2D eigenvalue weighted by atomic mass is 16.2. The maximum Gasteiger partial charge on any atom is 0.248 e. The zero-order valence-electron chi connectivity index (χ0n) is 18.5. The van der Waals surface area contributed by atoms with Crippen LogP contribution >= 0.6 is 0 Å². The molecule has 2 aromatic carbocycles. The van der Waals surface area contributed by atoms with Gasteiger partial charge in [-0.3, -0.25) is 9.69 Å². The second kappa shape index (κ2) is 9.39. The van der Waals surface area contributed by atoms with E-state index in [9.17, 15) is 4.79 Å². The number of aryl methyl sites for hydroxylation is 1. The van der Waals surface area contributed by atoms with Crippen molar-refractivity contribution in [1.29, 1.82) is 0 Å². The maximum atomic E-state index is 12.4. The van der Waals surface area contributed by atoms with Gasteiger partial charge < -0.3 is 5.32 Å². The Kier molecular flexibility index (Phi) is 6.42. The highest BCUT2D eigenvalue weighted by Gasteiger charge is 2.16. The van der Waals surface area contributed by atoms with Gasteiger partial charge in [0, 0.05) is 17.8 Å². The summed E-state index contributed by atoms with van der Waals surface area (Å²) in [7, 11) is 0. The standard InChI is InChI=1S/C24H30N6O/c1-17-11-13-29(14-12-17)15-20-7-9-21(10-8-20)24-26-28-30(27-24)16-23(31)25-22-6-4-5-18(2)19(22)3/h4-10,17H,11-16H2,1-3H3,(H,25,31). The fourth-order valence-corrected chi connectivity index (χ4v) is 3.87. The minimum absolute atomic E-state index is 0.0197. The number of rotatable bonds is 6. The van der Waals surface area contributed by atoms with Gasteiger partial charge in [0.05, 0.1) is 0 Å². The molecule has 7 heteroatoms. The van der Waals surface area contributed by atoms with Gasteiger partial charge in [0.15, 0.2) is 0 Å². The summed E-state index contributed by atoms with van der Waals surface area (Å²) in [6.45, 7) is 9.68. The summed E-state index contributed by atoms with van der Waals surface area (Å²) in [5.74, 6) is 1.19. The summed E-state index contributed by atoms with van der Waals surface area (Å²) < 4.78 is 0. The summed E-state index contributed by atoms with van der Waals surface area (Å²) >= 11 is 0. The third kappa shape index (κ3) is 5.35. The molecule has 1 aromatic heterocycles. The number of amides is 1. The van der Waals surface area contributed by atoms with Crippen molar-refractivity contribution in [3.63, 3.8) is 0 Å². The van der Waals surface area contributed by atoms with E-state index in [2.05, 4.69) is 44.7 Å². The molecule has 0 aliphatic carbocycles. The van der Waals surface area contributed by atoms with Crippen molar-refractivity contribution in [3.05, 3.63) is 59.2 Å². The topological polar surface area (TPSA) is 75.9 Å². The molecule has 1 aliphatic heterocycles. The molecule has 0 unspecified atom stereocenters. The molecule has 0 bridgehead atoms. The monoisotopic (exact) mass is 418 g/mol. The molecular weight excluding hydrogens is 388 g/mol. The first-order chi connectivity index (χ1) is 15.0. The number of benzene rings is 2. The van der Waals surface area contributed by atoms with E-state index in [4.69, 9.17) is 0 Å².